The quantitative estimate of drug-likeness (QED) is 0.686. The number of amidine groups is 1. The van der Waals surface area contributed by atoms with Gasteiger partial charge in [-0.2, -0.15) is 4.99 Å². The molecule has 3 aromatic rings. The van der Waals surface area contributed by atoms with Gasteiger partial charge in [0.15, 0.2) is 5.17 Å². The van der Waals surface area contributed by atoms with Crippen molar-refractivity contribution in [2.75, 3.05) is 0 Å². The molecular formula is C21H16FN3O2S. The number of nitrogens with zero attached hydrogens (tertiary/aromatic N) is 2. The molecule has 5 nitrogen and oxygen atoms in total. The minimum absolute atomic E-state index is 0.255. The van der Waals surface area contributed by atoms with E-state index in [0.717, 1.165) is 28.2 Å². The highest BCUT2D eigenvalue weighted by molar-refractivity contribution is 8.18. The van der Waals surface area contributed by atoms with Crippen molar-refractivity contribution in [2.45, 2.75) is 13.5 Å². The average molecular weight is 393 g/mol. The molecular weight excluding hydrogens is 377 g/mol. The van der Waals surface area contributed by atoms with Gasteiger partial charge < -0.3 is 9.88 Å². The van der Waals surface area contributed by atoms with Crippen LogP contribution in [-0.2, 0) is 16.1 Å². The molecule has 28 heavy (non-hydrogen) atoms. The Balaban J connectivity index is 1.70. The molecule has 0 atom stereocenters. The van der Waals surface area contributed by atoms with Crippen LogP contribution in [0.2, 0.25) is 0 Å². The first kappa shape index (κ1) is 18.2. The molecule has 2 aromatic carbocycles. The van der Waals surface area contributed by atoms with Gasteiger partial charge in [0, 0.05) is 35.2 Å². The minimum atomic E-state index is -0.389. The van der Waals surface area contributed by atoms with E-state index in [2.05, 4.69) is 10.3 Å². The molecule has 0 saturated heterocycles. The summed E-state index contributed by atoms with van der Waals surface area (Å²) in [5.41, 5.74) is 2.36. The van der Waals surface area contributed by atoms with Crippen LogP contribution in [0.1, 0.15) is 18.1 Å². The summed E-state index contributed by atoms with van der Waals surface area (Å²) >= 11 is 1.13. The SMILES string of the molecule is CC(=O)NC1=NC(=O)/C(=C/c2cn(Cc3ccccc3F)c3ccccc23)S1. The molecule has 1 aliphatic rings. The van der Waals surface area contributed by atoms with Gasteiger partial charge in [0.25, 0.3) is 5.91 Å². The maximum atomic E-state index is 14.1. The summed E-state index contributed by atoms with van der Waals surface area (Å²) in [6.07, 6.45) is 3.65. The molecule has 2 heterocycles. The fraction of sp³-hybridized carbons (Fsp3) is 0.0952. The predicted octanol–water partition coefficient (Wildman–Crippen LogP) is 3.94. The average Bonchev–Trinajstić information content (AvgIpc) is 3.17. The number of halogens is 1. The summed E-state index contributed by atoms with van der Waals surface area (Å²) in [6, 6.07) is 14.4. The van der Waals surface area contributed by atoms with Crippen LogP contribution in [0.3, 0.4) is 0 Å². The first-order valence-corrected chi connectivity index (χ1v) is 9.44. The van der Waals surface area contributed by atoms with Crippen molar-refractivity contribution >= 4 is 45.7 Å². The van der Waals surface area contributed by atoms with E-state index in [-0.39, 0.29) is 22.8 Å². The highest BCUT2D eigenvalue weighted by atomic mass is 32.2. The summed E-state index contributed by atoms with van der Waals surface area (Å²) in [5.74, 6) is -0.920. The number of benzene rings is 2. The highest BCUT2D eigenvalue weighted by Crippen LogP contribution is 2.31. The van der Waals surface area contributed by atoms with Gasteiger partial charge >= 0.3 is 0 Å². The van der Waals surface area contributed by atoms with E-state index in [4.69, 9.17) is 0 Å². The van der Waals surface area contributed by atoms with Crippen LogP contribution in [0.4, 0.5) is 4.39 Å². The van der Waals surface area contributed by atoms with E-state index in [9.17, 15) is 14.0 Å². The maximum absolute atomic E-state index is 14.1. The van der Waals surface area contributed by atoms with Crippen molar-refractivity contribution in [1.82, 2.24) is 9.88 Å². The van der Waals surface area contributed by atoms with Crippen LogP contribution in [0.5, 0.6) is 0 Å². The molecule has 1 aromatic heterocycles. The molecule has 0 unspecified atom stereocenters. The zero-order valence-corrected chi connectivity index (χ0v) is 15.8. The van der Waals surface area contributed by atoms with Crippen LogP contribution in [0, 0.1) is 5.82 Å². The number of carbonyl (C=O) groups is 2. The Morgan fingerprint density at radius 2 is 1.96 bits per heavy atom. The van der Waals surface area contributed by atoms with E-state index in [1.165, 1.54) is 13.0 Å². The molecule has 7 heteroatoms. The zero-order chi connectivity index (χ0) is 19.7. The molecule has 140 valence electrons. The van der Waals surface area contributed by atoms with Gasteiger partial charge in [-0.05, 0) is 30.0 Å². The van der Waals surface area contributed by atoms with Crippen molar-refractivity contribution in [3.8, 4) is 0 Å². The number of para-hydroxylation sites is 1. The Morgan fingerprint density at radius 1 is 1.21 bits per heavy atom. The lowest BCUT2D eigenvalue weighted by Crippen LogP contribution is -2.23. The number of hydrogen-bond donors (Lipinski definition) is 1. The fourth-order valence-corrected chi connectivity index (χ4v) is 3.94. The smallest absolute Gasteiger partial charge is 0.286 e. The number of aliphatic imine (C=N–C) groups is 1. The van der Waals surface area contributed by atoms with E-state index in [1.807, 2.05) is 41.1 Å². The van der Waals surface area contributed by atoms with E-state index >= 15 is 0 Å². The summed E-state index contributed by atoms with van der Waals surface area (Å²) in [7, 11) is 0. The maximum Gasteiger partial charge on any atom is 0.286 e. The van der Waals surface area contributed by atoms with Gasteiger partial charge in [0.1, 0.15) is 5.82 Å². The van der Waals surface area contributed by atoms with Crippen molar-refractivity contribution < 1.29 is 14.0 Å². The normalized spacial score (nSPS) is 15.3. The Morgan fingerprint density at radius 3 is 2.75 bits per heavy atom. The molecule has 1 aliphatic heterocycles. The molecule has 2 amide bonds. The molecule has 1 N–H and O–H groups in total. The monoisotopic (exact) mass is 393 g/mol. The number of nitrogens with one attached hydrogen (secondary N) is 1. The summed E-state index contributed by atoms with van der Waals surface area (Å²) < 4.78 is 16.0. The molecule has 0 fully saturated rings. The number of hydrogen-bond acceptors (Lipinski definition) is 3. The lowest BCUT2D eigenvalue weighted by Gasteiger charge is -2.06. The fourth-order valence-electron chi connectivity index (χ4n) is 3.09. The Kier molecular flexibility index (Phi) is 4.83. The Hall–Kier alpha value is -3.19. The third-order valence-corrected chi connectivity index (χ3v) is 5.21. The van der Waals surface area contributed by atoms with Crippen LogP contribution in [0.15, 0.2) is 64.6 Å². The first-order chi connectivity index (χ1) is 13.5. The van der Waals surface area contributed by atoms with Gasteiger partial charge in [0.2, 0.25) is 5.91 Å². The van der Waals surface area contributed by atoms with Crippen LogP contribution >= 0.6 is 11.8 Å². The topological polar surface area (TPSA) is 63.5 Å². The lowest BCUT2D eigenvalue weighted by molar-refractivity contribution is -0.117. The molecule has 0 aliphatic carbocycles. The molecule has 0 radical (unpaired) electrons. The van der Waals surface area contributed by atoms with Crippen molar-refractivity contribution in [3.63, 3.8) is 0 Å². The minimum Gasteiger partial charge on any atom is -0.342 e. The summed E-state index contributed by atoms with van der Waals surface area (Å²) in [5, 5.41) is 3.76. The van der Waals surface area contributed by atoms with Crippen LogP contribution < -0.4 is 5.32 Å². The number of carbonyl (C=O) groups excluding carboxylic acids is 2. The highest BCUT2D eigenvalue weighted by Gasteiger charge is 2.23. The van der Waals surface area contributed by atoms with E-state index in [1.54, 1.807) is 18.2 Å². The summed E-state index contributed by atoms with van der Waals surface area (Å²) in [4.78, 5) is 27.6. The third-order valence-electron chi connectivity index (χ3n) is 4.31. The molecule has 4 rings (SSSR count). The second kappa shape index (κ2) is 7.44. The molecule has 0 bridgehead atoms. The Bertz CT molecular complexity index is 1160. The van der Waals surface area contributed by atoms with Gasteiger partial charge in [0.05, 0.1) is 11.4 Å². The number of amides is 2. The van der Waals surface area contributed by atoms with Crippen molar-refractivity contribution in [1.29, 1.82) is 0 Å². The number of thioether (sulfide) groups is 1. The Labute approximate surface area is 165 Å². The van der Waals surface area contributed by atoms with Crippen LogP contribution in [0.25, 0.3) is 17.0 Å². The second-order valence-corrected chi connectivity index (χ2v) is 7.37. The van der Waals surface area contributed by atoms with E-state index in [0.29, 0.717) is 17.0 Å². The van der Waals surface area contributed by atoms with Crippen molar-refractivity contribution in [3.05, 3.63) is 76.6 Å². The third kappa shape index (κ3) is 3.61. The lowest BCUT2D eigenvalue weighted by atomic mass is 10.1. The zero-order valence-electron chi connectivity index (χ0n) is 15.0. The van der Waals surface area contributed by atoms with Crippen molar-refractivity contribution in [2.24, 2.45) is 4.99 Å². The van der Waals surface area contributed by atoms with Crippen LogP contribution in [-0.4, -0.2) is 21.5 Å². The largest absolute Gasteiger partial charge is 0.342 e. The number of aromatic nitrogens is 1. The van der Waals surface area contributed by atoms with E-state index < -0.39 is 0 Å². The predicted molar refractivity (Wildman–Crippen MR) is 109 cm³/mol. The van der Waals surface area contributed by atoms with Gasteiger partial charge in [-0.25, -0.2) is 4.39 Å². The van der Waals surface area contributed by atoms with Gasteiger partial charge in [-0.3, -0.25) is 9.59 Å². The second-order valence-electron chi connectivity index (χ2n) is 6.33. The summed E-state index contributed by atoms with van der Waals surface area (Å²) in [6.45, 7) is 1.75. The van der Waals surface area contributed by atoms with Gasteiger partial charge in [-0.15, -0.1) is 0 Å². The number of rotatable bonds is 3. The first-order valence-electron chi connectivity index (χ1n) is 8.63. The number of fused-ring (bicyclic) bond motifs is 1. The molecule has 0 saturated carbocycles. The molecule has 0 spiro atoms. The van der Waals surface area contributed by atoms with Gasteiger partial charge in [-0.1, -0.05) is 36.4 Å². The standard InChI is InChI=1S/C21H16FN3O2S/c1-13(26)23-21-24-20(27)19(28-21)10-15-12-25(18-9-5-3-7-16(15)18)11-14-6-2-4-8-17(14)22/h2-10,12H,11H2,1H3,(H,23,24,26,27)/b19-10-.